The summed E-state index contributed by atoms with van der Waals surface area (Å²) in [4.78, 5) is 0. The monoisotopic (exact) mass is 161 g/mol. The van der Waals surface area contributed by atoms with E-state index in [0.29, 0.717) is 0 Å². The third kappa shape index (κ3) is 1.80. The molecule has 0 saturated carbocycles. The summed E-state index contributed by atoms with van der Waals surface area (Å²) >= 11 is 0. The predicted molar refractivity (Wildman–Crippen MR) is 52.8 cm³/mol. The molecule has 0 bridgehead atoms. The van der Waals surface area contributed by atoms with Gasteiger partial charge in [0.25, 0.3) is 0 Å². The van der Waals surface area contributed by atoms with Gasteiger partial charge in [0, 0.05) is 5.92 Å². The molecule has 0 fully saturated rings. The van der Waals surface area contributed by atoms with Gasteiger partial charge < -0.3 is 0 Å². The minimum Gasteiger partial charge on any atom is -0.0876 e. The standard InChI is InChI=1S/C12H17/c1-3-7-11(8-4-1)12-9-5-2-6-10-12/h3,7,9H,1-2,4-6,8,10H2. The van der Waals surface area contributed by atoms with Crippen LogP contribution in [0.1, 0.15) is 44.9 Å². The van der Waals surface area contributed by atoms with Crippen molar-refractivity contribution in [3.05, 3.63) is 29.7 Å². The summed E-state index contributed by atoms with van der Waals surface area (Å²) in [5, 5.41) is 0. The highest BCUT2D eigenvalue weighted by atomic mass is 14.2. The van der Waals surface area contributed by atoms with Crippen molar-refractivity contribution < 1.29 is 0 Å². The molecule has 0 heteroatoms. The van der Waals surface area contributed by atoms with Crippen molar-refractivity contribution in [2.24, 2.45) is 0 Å². The maximum Gasteiger partial charge on any atom is 0.0219 e. The number of allylic oxidation sites excluding steroid dienone is 4. The molecule has 2 aliphatic carbocycles. The highest BCUT2D eigenvalue weighted by Gasteiger charge is 2.15. The van der Waals surface area contributed by atoms with Crippen LogP contribution >= 0.6 is 0 Å². The second-order valence-corrected chi connectivity index (χ2v) is 3.79. The van der Waals surface area contributed by atoms with Crippen molar-refractivity contribution in [3.63, 3.8) is 0 Å². The van der Waals surface area contributed by atoms with Crippen LogP contribution in [0.2, 0.25) is 0 Å². The van der Waals surface area contributed by atoms with Crippen LogP contribution in [0.3, 0.4) is 0 Å². The van der Waals surface area contributed by atoms with Crippen LogP contribution in [0.25, 0.3) is 0 Å². The largest absolute Gasteiger partial charge is 0.0876 e. The quantitative estimate of drug-likeness (QED) is 0.548. The first-order valence-corrected chi connectivity index (χ1v) is 5.18. The lowest BCUT2D eigenvalue weighted by molar-refractivity contribution is 0.668. The van der Waals surface area contributed by atoms with E-state index in [0.717, 1.165) is 0 Å². The first-order chi connectivity index (χ1) is 5.97. The van der Waals surface area contributed by atoms with Gasteiger partial charge in [0.2, 0.25) is 0 Å². The maximum absolute atomic E-state index is 2.45. The van der Waals surface area contributed by atoms with Crippen LogP contribution in [0, 0.1) is 5.92 Å². The van der Waals surface area contributed by atoms with Gasteiger partial charge in [-0.3, -0.25) is 0 Å². The molecule has 0 aliphatic heterocycles. The third-order valence-corrected chi connectivity index (χ3v) is 2.84. The lowest BCUT2D eigenvalue weighted by atomic mass is 9.83. The van der Waals surface area contributed by atoms with Gasteiger partial charge in [-0.15, -0.1) is 0 Å². The minimum atomic E-state index is 1.29. The van der Waals surface area contributed by atoms with Gasteiger partial charge in [-0.05, 0) is 44.9 Å². The molecular formula is C12H17. The highest BCUT2D eigenvalue weighted by Crippen LogP contribution is 2.32. The normalized spacial score (nSPS) is 25.5. The molecule has 0 N–H and O–H groups in total. The molecule has 0 aromatic heterocycles. The second kappa shape index (κ2) is 3.93. The van der Waals surface area contributed by atoms with Crippen LogP contribution in [-0.2, 0) is 0 Å². The van der Waals surface area contributed by atoms with Crippen molar-refractivity contribution in [1.29, 1.82) is 0 Å². The zero-order chi connectivity index (χ0) is 8.23. The average Bonchev–Trinajstić information content (AvgIpc) is 2.21. The predicted octanol–water partition coefficient (Wildman–Crippen LogP) is 3.80. The molecule has 0 unspecified atom stereocenters. The van der Waals surface area contributed by atoms with E-state index in [1.165, 1.54) is 44.9 Å². The molecule has 65 valence electrons. The van der Waals surface area contributed by atoms with Crippen molar-refractivity contribution >= 4 is 0 Å². The molecule has 0 aromatic carbocycles. The zero-order valence-corrected chi connectivity index (χ0v) is 7.68. The summed E-state index contributed by atoms with van der Waals surface area (Å²) in [6.07, 6.45) is 16.6. The van der Waals surface area contributed by atoms with Crippen molar-refractivity contribution in [3.8, 4) is 0 Å². The average molecular weight is 161 g/mol. The SMILES string of the molecule is C1=C[C](C2=CCCCC2)CCC1. The van der Waals surface area contributed by atoms with E-state index in [1.54, 1.807) is 11.5 Å². The lowest BCUT2D eigenvalue weighted by Gasteiger charge is -2.21. The van der Waals surface area contributed by atoms with Gasteiger partial charge in [0.05, 0.1) is 0 Å². The van der Waals surface area contributed by atoms with Crippen molar-refractivity contribution in [2.75, 3.05) is 0 Å². The smallest absolute Gasteiger partial charge is 0.0219 e. The van der Waals surface area contributed by atoms with E-state index in [4.69, 9.17) is 0 Å². The Bertz CT molecular complexity index is 198. The Labute approximate surface area is 75.4 Å². The third-order valence-electron chi connectivity index (χ3n) is 2.84. The van der Waals surface area contributed by atoms with Gasteiger partial charge in [0.15, 0.2) is 0 Å². The van der Waals surface area contributed by atoms with Gasteiger partial charge in [-0.25, -0.2) is 0 Å². The Morgan fingerprint density at radius 2 is 1.92 bits per heavy atom. The van der Waals surface area contributed by atoms with Crippen LogP contribution < -0.4 is 0 Å². The van der Waals surface area contributed by atoms with Gasteiger partial charge in [0.1, 0.15) is 0 Å². The molecule has 0 saturated heterocycles. The fourth-order valence-electron chi connectivity index (χ4n) is 2.12. The summed E-state index contributed by atoms with van der Waals surface area (Å²) < 4.78 is 0. The van der Waals surface area contributed by atoms with Gasteiger partial charge >= 0.3 is 0 Å². The molecule has 0 atom stereocenters. The van der Waals surface area contributed by atoms with Crippen molar-refractivity contribution in [1.82, 2.24) is 0 Å². The molecule has 2 aliphatic rings. The highest BCUT2D eigenvalue weighted by molar-refractivity contribution is 5.35. The lowest BCUT2D eigenvalue weighted by Crippen LogP contribution is -2.04. The molecule has 0 heterocycles. The molecule has 0 amide bonds. The molecule has 12 heavy (non-hydrogen) atoms. The van der Waals surface area contributed by atoms with Gasteiger partial charge in [-0.1, -0.05) is 23.8 Å². The topological polar surface area (TPSA) is 0 Å². The summed E-state index contributed by atoms with van der Waals surface area (Å²) in [6.45, 7) is 0. The van der Waals surface area contributed by atoms with Crippen LogP contribution in [-0.4, -0.2) is 0 Å². The van der Waals surface area contributed by atoms with Crippen LogP contribution in [0.15, 0.2) is 23.8 Å². The molecule has 0 nitrogen and oxygen atoms in total. The maximum atomic E-state index is 2.45. The Hall–Kier alpha value is -0.520. The molecule has 0 aromatic rings. The Morgan fingerprint density at radius 1 is 0.917 bits per heavy atom. The summed E-state index contributed by atoms with van der Waals surface area (Å²) in [5.41, 5.74) is 1.65. The number of hydrogen-bond acceptors (Lipinski definition) is 0. The Kier molecular flexibility index (Phi) is 2.65. The fraction of sp³-hybridized carbons (Fsp3) is 0.583. The summed E-state index contributed by atoms with van der Waals surface area (Å²) in [6, 6.07) is 0. The minimum absolute atomic E-state index is 1.29. The first-order valence-electron chi connectivity index (χ1n) is 5.18. The van der Waals surface area contributed by atoms with E-state index >= 15 is 0 Å². The van der Waals surface area contributed by atoms with Gasteiger partial charge in [-0.2, -0.15) is 0 Å². The molecule has 1 radical (unpaired) electrons. The van der Waals surface area contributed by atoms with E-state index in [9.17, 15) is 0 Å². The molecule has 2 rings (SSSR count). The Balaban J connectivity index is 2.01. The van der Waals surface area contributed by atoms with Crippen LogP contribution in [0.5, 0.6) is 0 Å². The fourth-order valence-corrected chi connectivity index (χ4v) is 2.12. The molecule has 0 spiro atoms. The Morgan fingerprint density at radius 3 is 2.58 bits per heavy atom. The van der Waals surface area contributed by atoms with E-state index in [1.807, 2.05) is 0 Å². The van der Waals surface area contributed by atoms with E-state index < -0.39 is 0 Å². The summed E-state index contributed by atoms with van der Waals surface area (Å²) in [5.74, 6) is 1.63. The van der Waals surface area contributed by atoms with E-state index in [-0.39, 0.29) is 0 Å². The number of hydrogen-bond donors (Lipinski definition) is 0. The van der Waals surface area contributed by atoms with E-state index in [2.05, 4.69) is 18.2 Å². The van der Waals surface area contributed by atoms with Crippen LogP contribution in [0.4, 0.5) is 0 Å². The second-order valence-electron chi connectivity index (χ2n) is 3.79. The first kappa shape index (κ1) is 8.10. The zero-order valence-electron chi connectivity index (χ0n) is 7.68. The summed E-state index contributed by atoms with van der Waals surface area (Å²) in [7, 11) is 0. The molecular weight excluding hydrogens is 144 g/mol. The van der Waals surface area contributed by atoms with Crippen molar-refractivity contribution in [2.45, 2.75) is 44.9 Å². The number of rotatable bonds is 1.